The number of carboxylic acid groups (broad SMARTS) is 2. The molecular formula is C12H12N2O5. The van der Waals surface area contributed by atoms with E-state index in [1.165, 1.54) is 17.7 Å². The van der Waals surface area contributed by atoms with Gasteiger partial charge in [0, 0.05) is 19.7 Å². The van der Waals surface area contributed by atoms with Crippen molar-refractivity contribution in [1.29, 1.82) is 0 Å². The molecular weight excluding hydrogens is 252 g/mol. The van der Waals surface area contributed by atoms with E-state index >= 15 is 0 Å². The second kappa shape index (κ2) is 5.07. The third-order valence-corrected chi connectivity index (χ3v) is 2.77. The van der Waals surface area contributed by atoms with E-state index in [4.69, 9.17) is 14.9 Å². The van der Waals surface area contributed by atoms with Crippen molar-refractivity contribution in [2.75, 3.05) is 7.11 Å². The van der Waals surface area contributed by atoms with Crippen LogP contribution in [-0.4, -0.2) is 44.8 Å². The third-order valence-electron chi connectivity index (χ3n) is 2.77. The summed E-state index contributed by atoms with van der Waals surface area (Å²) in [5, 5.41) is 17.9. The summed E-state index contributed by atoms with van der Waals surface area (Å²) < 4.78 is 6.26. The van der Waals surface area contributed by atoms with Gasteiger partial charge < -0.3 is 14.9 Å². The summed E-state index contributed by atoms with van der Waals surface area (Å²) in [6.07, 6.45) is 2.00. The highest BCUT2D eigenvalue weighted by Gasteiger charge is 2.18. The summed E-state index contributed by atoms with van der Waals surface area (Å²) in [4.78, 5) is 25.8. The Labute approximate surface area is 108 Å². The molecule has 0 bridgehead atoms. The number of pyridine rings is 1. The lowest BCUT2D eigenvalue weighted by Crippen LogP contribution is -2.25. The van der Waals surface area contributed by atoms with Gasteiger partial charge in [0.1, 0.15) is 5.65 Å². The highest BCUT2D eigenvalue weighted by atomic mass is 16.5. The summed E-state index contributed by atoms with van der Waals surface area (Å²) in [6.45, 7) is 0. The van der Waals surface area contributed by atoms with Crippen LogP contribution in [0.5, 0.6) is 0 Å². The first kappa shape index (κ1) is 13.0. The average Bonchev–Trinajstić information content (AvgIpc) is 2.78. The SMILES string of the molecule is COC(Cc1ccc2ncc(C(=O)O)n2c1)C(=O)O. The van der Waals surface area contributed by atoms with Crippen molar-refractivity contribution in [2.24, 2.45) is 0 Å². The summed E-state index contributed by atoms with van der Waals surface area (Å²) >= 11 is 0. The van der Waals surface area contributed by atoms with Gasteiger partial charge in [-0.1, -0.05) is 6.07 Å². The van der Waals surface area contributed by atoms with Gasteiger partial charge in [0.25, 0.3) is 0 Å². The maximum Gasteiger partial charge on any atom is 0.354 e. The predicted molar refractivity (Wildman–Crippen MR) is 64.3 cm³/mol. The van der Waals surface area contributed by atoms with E-state index < -0.39 is 18.0 Å². The van der Waals surface area contributed by atoms with Crippen LogP contribution in [-0.2, 0) is 16.0 Å². The van der Waals surface area contributed by atoms with Gasteiger partial charge >= 0.3 is 11.9 Å². The van der Waals surface area contributed by atoms with Gasteiger partial charge in [-0.3, -0.25) is 4.40 Å². The molecule has 0 saturated carbocycles. The fraction of sp³-hybridized carbons (Fsp3) is 0.250. The molecule has 7 nitrogen and oxygen atoms in total. The number of fused-ring (bicyclic) bond motifs is 1. The molecule has 0 aromatic carbocycles. The van der Waals surface area contributed by atoms with Gasteiger partial charge in [0.15, 0.2) is 11.8 Å². The van der Waals surface area contributed by atoms with Crippen LogP contribution in [0.1, 0.15) is 16.1 Å². The van der Waals surface area contributed by atoms with Gasteiger partial charge in [-0.2, -0.15) is 0 Å². The summed E-state index contributed by atoms with van der Waals surface area (Å²) in [5.41, 5.74) is 1.17. The number of nitrogens with zero attached hydrogens (tertiary/aromatic N) is 2. The molecule has 1 atom stereocenters. The fourth-order valence-corrected chi connectivity index (χ4v) is 1.79. The molecule has 2 N–H and O–H groups in total. The normalized spacial score (nSPS) is 12.5. The number of aromatic nitrogens is 2. The molecule has 2 aromatic rings. The zero-order valence-electron chi connectivity index (χ0n) is 10.1. The first-order valence-corrected chi connectivity index (χ1v) is 5.48. The Kier molecular flexibility index (Phi) is 3.48. The molecule has 7 heteroatoms. The lowest BCUT2D eigenvalue weighted by Gasteiger charge is -2.10. The third kappa shape index (κ3) is 2.55. The van der Waals surface area contributed by atoms with Crippen LogP contribution in [0, 0.1) is 0 Å². The number of hydrogen-bond acceptors (Lipinski definition) is 4. The standard InChI is InChI=1S/C12H12N2O5/c1-19-9(12(17)18)4-7-2-3-10-13-5-8(11(15)16)14(10)6-7/h2-3,5-6,9H,4H2,1H3,(H,15,16)(H,17,18). The van der Waals surface area contributed by atoms with Crippen molar-refractivity contribution in [3.05, 3.63) is 35.8 Å². The largest absolute Gasteiger partial charge is 0.479 e. The minimum absolute atomic E-state index is 0.0288. The topological polar surface area (TPSA) is 101 Å². The number of carboxylic acids is 2. The molecule has 0 amide bonds. The quantitative estimate of drug-likeness (QED) is 0.823. The van der Waals surface area contributed by atoms with Gasteiger partial charge in [-0.05, 0) is 11.6 Å². The van der Waals surface area contributed by atoms with Crippen molar-refractivity contribution in [2.45, 2.75) is 12.5 Å². The first-order chi connectivity index (χ1) is 9.02. The zero-order valence-corrected chi connectivity index (χ0v) is 10.1. The number of imidazole rings is 1. The molecule has 0 aliphatic rings. The van der Waals surface area contributed by atoms with Crippen molar-refractivity contribution in [3.8, 4) is 0 Å². The van der Waals surface area contributed by atoms with E-state index in [9.17, 15) is 9.59 Å². The minimum Gasteiger partial charge on any atom is -0.479 e. The first-order valence-electron chi connectivity index (χ1n) is 5.48. The zero-order chi connectivity index (χ0) is 14.0. The Hall–Kier alpha value is -2.41. The summed E-state index contributed by atoms with van der Waals surface area (Å²) in [6, 6.07) is 3.33. The second-order valence-corrected chi connectivity index (χ2v) is 3.98. The number of aliphatic carboxylic acids is 1. The predicted octanol–water partition coefficient (Wildman–Crippen LogP) is 0.675. The van der Waals surface area contributed by atoms with Crippen LogP contribution in [0.25, 0.3) is 5.65 Å². The number of aromatic carboxylic acids is 1. The summed E-state index contributed by atoms with van der Waals surface area (Å²) in [5.74, 6) is -2.15. The van der Waals surface area contributed by atoms with Crippen molar-refractivity contribution in [1.82, 2.24) is 9.38 Å². The van der Waals surface area contributed by atoms with Crippen LogP contribution in [0.4, 0.5) is 0 Å². The highest BCUT2D eigenvalue weighted by Crippen LogP contribution is 2.12. The smallest absolute Gasteiger partial charge is 0.354 e. The Morgan fingerprint density at radius 1 is 1.42 bits per heavy atom. The molecule has 0 fully saturated rings. The molecule has 0 spiro atoms. The molecule has 0 radical (unpaired) electrons. The van der Waals surface area contributed by atoms with Crippen LogP contribution in [0.15, 0.2) is 24.5 Å². The second-order valence-electron chi connectivity index (χ2n) is 3.98. The number of ether oxygens (including phenoxy) is 1. The molecule has 2 rings (SSSR count). The summed E-state index contributed by atoms with van der Waals surface area (Å²) in [7, 11) is 1.32. The van der Waals surface area contributed by atoms with Gasteiger partial charge in [-0.25, -0.2) is 14.6 Å². The van der Waals surface area contributed by atoms with E-state index in [1.807, 2.05) is 0 Å². The number of methoxy groups -OCH3 is 1. The van der Waals surface area contributed by atoms with E-state index in [-0.39, 0.29) is 12.1 Å². The van der Waals surface area contributed by atoms with E-state index in [1.54, 1.807) is 18.3 Å². The van der Waals surface area contributed by atoms with Crippen LogP contribution < -0.4 is 0 Å². The number of rotatable bonds is 5. The maximum absolute atomic E-state index is 11.0. The van der Waals surface area contributed by atoms with Gasteiger partial charge in [-0.15, -0.1) is 0 Å². The molecule has 2 heterocycles. The lowest BCUT2D eigenvalue weighted by molar-refractivity contribution is -0.148. The molecule has 1 unspecified atom stereocenters. The minimum atomic E-state index is -1.09. The number of carbonyl (C=O) groups is 2. The Morgan fingerprint density at radius 2 is 2.16 bits per heavy atom. The molecule has 2 aromatic heterocycles. The van der Waals surface area contributed by atoms with Crippen LogP contribution >= 0.6 is 0 Å². The average molecular weight is 264 g/mol. The van der Waals surface area contributed by atoms with Crippen LogP contribution in [0.3, 0.4) is 0 Å². The van der Waals surface area contributed by atoms with Crippen molar-refractivity contribution >= 4 is 17.6 Å². The van der Waals surface area contributed by atoms with E-state index in [2.05, 4.69) is 4.98 Å². The molecule has 100 valence electrons. The lowest BCUT2D eigenvalue weighted by atomic mass is 10.1. The Morgan fingerprint density at radius 3 is 2.74 bits per heavy atom. The Balaban J connectivity index is 2.37. The highest BCUT2D eigenvalue weighted by molar-refractivity contribution is 5.86. The maximum atomic E-state index is 11.0. The van der Waals surface area contributed by atoms with Crippen LogP contribution in [0.2, 0.25) is 0 Å². The molecule has 0 saturated heterocycles. The van der Waals surface area contributed by atoms with E-state index in [0.717, 1.165) is 0 Å². The monoisotopic (exact) mass is 264 g/mol. The fourth-order valence-electron chi connectivity index (χ4n) is 1.79. The molecule has 19 heavy (non-hydrogen) atoms. The van der Waals surface area contributed by atoms with Gasteiger partial charge in [0.2, 0.25) is 0 Å². The van der Waals surface area contributed by atoms with Crippen molar-refractivity contribution < 1.29 is 24.5 Å². The van der Waals surface area contributed by atoms with Gasteiger partial charge in [0.05, 0.1) is 6.20 Å². The molecule has 0 aliphatic heterocycles. The number of hydrogen-bond donors (Lipinski definition) is 2. The van der Waals surface area contributed by atoms with E-state index in [0.29, 0.717) is 11.2 Å². The Bertz CT molecular complexity index is 634. The van der Waals surface area contributed by atoms with Crippen molar-refractivity contribution in [3.63, 3.8) is 0 Å². The molecule has 0 aliphatic carbocycles.